The largest absolute Gasteiger partial charge is 0.497 e. The molecule has 0 aromatic heterocycles. The normalized spacial score (nSPS) is 12.3. The molecule has 0 spiro atoms. The molecule has 0 radical (unpaired) electrons. The monoisotopic (exact) mass is 229 g/mol. The fraction of sp³-hybridized carbons (Fsp3) is 0.455. The van der Waals surface area contributed by atoms with Crippen molar-refractivity contribution in [1.82, 2.24) is 0 Å². The Morgan fingerprint density at radius 2 is 2.27 bits per heavy atom. The second kappa shape index (κ2) is 5.83. The Morgan fingerprint density at radius 3 is 2.87 bits per heavy atom. The lowest BCUT2D eigenvalue weighted by molar-refractivity contribution is 0.183. The average molecular weight is 230 g/mol. The van der Waals surface area contributed by atoms with Gasteiger partial charge < -0.3 is 15.2 Å². The van der Waals surface area contributed by atoms with Crippen LogP contribution in [0.25, 0.3) is 0 Å². The van der Waals surface area contributed by atoms with Crippen molar-refractivity contribution in [3.8, 4) is 5.75 Å². The van der Waals surface area contributed by atoms with E-state index in [9.17, 15) is 5.11 Å². The fourth-order valence-electron chi connectivity index (χ4n) is 1.14. The summed E-state index contributed by atoms with van der Waals surface area (Å²) in [5, 5.41) is 13.1. The number of hydrogen-bond donors (Lipinski definition) is 2. The van der Waals surface area contributed by atoms with Crippen LogP contribution in [0.3, 0.4) is 0 Å². The highest BCUT2D eigenvalue weighted by atomic mass is 35.5. The van der Waals surface area contributed by atoms with Crippen LogP contribution in [0.4, 0.5) is 5.69 Å². The molecule has 84 valence electrons. The quantitative estimate of drug-likeness (QED) is 0.815. The summed E-state index contributed by atoms with van der Waals surface area (Å²) in [6.45, 7) is 2.42. The molecule has 0 bridgehead atoms. The summed E-state index contributed by atoms with van der Waals surface area (Å²) >= 11 is 5.98. The highest BCUT2D eigenvalue weighted by molar-refractivity contribution is 6.33. The molecule has 0 aliphatic rings. The minimum Gasteiger partial charge on any atom is -0.497 e. The molecule has 0 aliphatic heterocycles. The number of nitrogens with one attached hydrogen (secondary N) is 1. The summed E-state index contributed by atoms with van der Waals surface area (Å²) < 4.78 is 5.08. The third kappa shape index (κ3) is 3.61. The average Bonchev–Trinajstić information content (AvgIpc) is 2.27. The first-order valence-electron chi connectivity index (χ1n) is 4.92. The number of ether oxygens (including phenoxy) is 1. The lowest BCUT2D eigenvalue weighted by atomic mass is 10.2. The Bertz CT molecular complexity index is 317. The van der Waals surface area contributed by atoms with Crippen molar-refractivity contribution in [1.29, 1.82) is 0 Å². The molecular weight excluding hydrogens is 214 g/mol. The van der Waals surface area contributed by atoms with Gasteiger partial charge in [0, 0.05) is 12.6 Å². The van der Waals surface area contributed by atoms with Crippen molar-refractivity contribution in [2.45, 2.75) is 19.4 Å². The number of anilines is 1. The van der Waals surface area contributed by atoms with Crippen LogP contribution in [0.5, 0.6) is 5.75 Å². The summed E-state index contributed by atoms with van der Waals surface area (Å²) in [5.41, 5.74) is 0.781. The van der Waals surface area contributed by atoms with E-state index >= 15 is 0 Å². The van der Waals surface area contributed by atoms with E-state index in [0.717, 1.165) is 11.4 Å². The van der Waals surface area contributed by atoms with Gasteiger partial charge >= 0.3 is 0 Å². The summed E-state index contributed by atoms with van der Waals surface area (Å²) in [6, 6.07) is 5.37. The molecule has 1 rings (SSSR count). The Kier molecular flexibility index (Phi) is 4.72. The molecule has 0 amide bonds. The summed E-state index contributed by atoms with van der Waals surface area (Å²) in [5.74, 6) is 0.743. The summed E-state index contributed by atoms with van der Waals surface area (Å²) in [7, 11) is 1.61. The van der Waals surface area contributed by atoms with E-state index < -0.39 is 0 Å². The molecule has 1 unspecified atom stereocenters. The van der Waals surface area contributed by atoms with E-state index in [1.165, 1.54) is 0 Å². The molecule has 1 aromatic rings. The van der Waals surface area contributed by atoms with Gasteiger partial charge in [-0.05, 0) is 18.6 Å². The molecule has 0 saturated heterocycles. The summed E-state index contributed by atoms with van der Waals surface area (Å²) in [4.78, 5) is 0. The molecule has 0 fully saturated rings. The van der Waals surface area contributed by atoms with E-state index in [2.05, 4.69) is 5.32 Å². The van der Waals surface area contributed by atoms with Crippen molar-refractivity contribution in [2.24, 2.45) is 0 Å². The number of rotatable bonds is 5. The number of hydrogen-bond acceptors (Lipinski definition) is 3. The first kappa shape index (κ1) is 12.1. The Morgan fingerprint density at radius 1 is 1.53 bits per heavy atom. The molecule has 0 saturated carbocycles. The predicted molar refractivity (Wildman–Crippen MR) is 62.8 cm³/mol. The standard InChI is InChI=1S/C11H16ClNO2/c1-3-8(14)7-13-11-6-9(15-2)4-5-10(11)12/h4-6,8,13-14H,3,7H2,1-2H3. The van der Waals surface area contributed by atoms with E-state index in [1.807, 2.05) is 13.0 Å². The molecule has 4 heteroatoms. The topological polar surface area (TPSA) is 41.5 Å². The van der Waals surface area contributed by atoms with Crippen molar-refractivity contribution in [2.75, 3.05) is 19.0 Å². The van der Waals surface area contributed by atoms with E-state index in [4.69, 9.17) is 16.3 Å². The van der Waals surface area contributed by atoms with Gasteiger partial charge in [0.05, 0.1) is 23.9 Å². The zero-order chi connectivity index (χ0) is 11.3. The first-order valence-corrected chi connectivity index (χ1v) is 5.30. The first-order chi connectivity index (χ1) is 7.17. The maximum atomic E-state index is 9.40. The van der Waals surface area contributed by atoms with Gasteiger partial charge in [0.15, 0.2) is 0 Å². The third-order valence-electron chi connectivity index (χ3n) is 2.17. The number of methoxy groups -OCH3 is 1. The maximum Gasteiger partial charge on any atom is 0.121 e. The van der Waals surface area contributed by atoms with Crippen LogP contribution in [0.15, 0.2) is 18.2 Å². The second-order valence-electron chi connectivity index (χ2n) is 3.29. The Hall–Kier alpha value is -0.930. The van der Waals surface area contributed by atoms with Crippen molar-refractivity contribution < 1.29 is 9.84 Å². The van der Waals surface area contributed by atoms with Crippen LogP contribution in [-0.4, -0.2) is 24.9 Å². The van der Waals surface area contributed by atoms with Gasteiger partial charge in [-0.1, -0.05) is 18.5 Å². The van der Waals surface area contributed by atoms with Crippen LogP contribution >= 0.6 is 11.6 Å². The van der Waals surface area contributed by atoms with E-state index in [0.29, 0.717) is 18.0 Å². The SMILES string of the molecule is CCC(O)CNc1cc(OC)ccc1Cl. The molecule has 1 aromatic carbocycles. The highest BCUT2D eigenvalue weighted by Crippen LogP contribution is 2.26. The van der Waals surface area contributed by atoms with Gasteiger partial charge in [0.2, 0.25) is 0 Å². The van der Waals surface area contributed by atoms with E-state index in [-0.39, 0.29) is 6.10 Å². The van der Waals surface area contributed by atoms with E-state index in [1.54, 1.807) is 19.2 Å². The molecule has 2 N–H and O–H groups in total. The van der Waals surface area contributed by atoms with Gasteiger partial charge in [0.25, 0.3) is 0 Å². The number of benzene rings is 1. The van der Waals surface area contributed by atoms with Crippen LogP contribution in [0, 0.1) is 0 Å². The molecule has 0 heterocycles. The fourth-order valence-corrected chi connectivity index (χ4v) is 1.32. The van der Waals surface area contributed by atoms with Gasteiger partial charge in [-0.3, -0.25) is 0 Å². The van der Waals surface area contributed by atoms with Crippen LogP contribution in [0.1, 0.15) is 13.3 Å². The molecule has 3 nitrogen and oxygen atoms in total. The Labute approximate surface area is 95.0 Å². The minimum atomic E-state index is -0.354. The van der Waals surface area contributed by atoms with Gasteiger partial charge in [0.1, 0.15) is 5.75 Å². The number of halogens is 1. The van der Waals surface area contributed by atoms with Crippen molar-refractivity contribution >= 4 is 17.3 Å². The molecule has 0 aliphatic carbocycles. The third-order valence-corrected chi connectivity index (χ3v) is 2.50. The number of aliphatic hydroxyl groups excluding tert-OH is 1. The van der Waals surface area contributed by atoms with Gasteiger partial charge in [-0.15, -0.1) is 0 Å². The zero-order valence-electron chi connectivity index (χ0n) is 8.96. The van der Waals surface area contributed by atoms with Gasteiger partial charge in [-0.2, -0.15) is 0 Å². The number of aliphatic hydroxyl groups is 1. The van der Waals surface area contributed by atoms with Crippen molar-refractivity contribution in [3.63, 3.8) is 0 Å². The maximum absolute atomic E-state index is 9.40. The van der Waals surface area contributed by atoms with Crippen LogP contribution in [0.2, 0.25) is 5.02 Å². The lowest BCUT2D eigenvalue weighted by Gasteiger charge is -2.12. The van der Waals surface area contributed by atoms with Crippen LogP contribution < -0.4 is 10.1 Å². The molecular formula is C11H16ClNO2. The van der Waals surface area contributed by atoms with Crippen molar-refractivity contribution in [3.05, 3.63) is 23.2 Å². The minimum absolute atomic E-state index is 0.354. The smallest absolute Gasteiger partial charge is 0.121 e. The van der Waals surface area contributed by atoms with Crippen LogP contribution in [-0.2, 0) is 0 Å². The molecule has 15 heavy (non-hydrogen) atoms. The lowest BCUT2D eigenvalue weighted by Crippen LogP contribution is -2.18. The van der Waals surface area contributed by atoms with Gasteiger partial charge in [-0.25, -0.2) is 0 Å². The predicted octanol–water partition coefficient (Wildman–Crippen LogP) is 2.53. The highest BCUT2D eigenvalue weighted by Gasteiger charge is 2.04. The Balaban J connectivity index is 2.66. The second-order valence-corrected chi connectivity index (χ2v) is 3.70. The molecule has 1 atom stereocenters. The zero-order valence-corrected chi connectivity index (χ0v) is 9.71. The summed E-state index contributed by atoms with van der Waals surface area (Å²) in [6.07, 6.45) is 0.362.